The van der Waals surface area contributed by atoms with Crippen molar-refractivity contribution in [3.63, 3.8) is 0 Å². The Kier molecular flexibility index (Phi) is 6.99. The van der Waals surface area contributed by atoms with Gasteiger partial charge in [-0.25, -0.2) is 0 Å². The van der Waals surface area contributed by atoms with Crippen molar-refractivity contribution in [1.29, 1.82) is 0 Å². The van der Waals surface area contributed by atoms with Crippen LogP contribution in [0.5, 0.6) is 0 Å². The van der Waals surface area contributed by atoms with Crippen molar-refractivity contribution in [3.05, 3.63) is 11.8 Å². The predicted octanol–water partition coefficient (Wildman–Crippen LogP) is 4.35. The lowest BCUT2D eigenvalue weighted by atomic mass is 10.4. The van der Waals surface area contributed by atoms with Crippen LogP contribution in [-0.4, -0.2) is 27.1 Å². The van der Waals surface area contributed by atoms with Gasteiger partial charge in [-0.15, -0.1) is 0 Å². The van der Waals surface area contributed by atoms with Crippen LogP contribution in [0.1, 0.15) is 33.6 Å². The average molecular weight is 227 g/mol. The van der Waals surface area contributed by atoms with Crippen molar-refractivity contribution in [3.8, 4) is 0 Å². The Hall–Kier alpha value is -0.243. The molecule has 15 heavy (non-hydrogen) atoms. The molecule has 0 rings (SSSR count). The van der Waals surface area contributed by atoms with Gasteiger partial charge in [0.1, 0.15) is 0 Å². The highest BCUT2D eigenvalue weighted by Crippen LogP contribution is 2.25. The summed E-state index contributed by atoms with van der Waals surface area (Å²) in [5.41, 5.74) is 1.42. The lowest BCUT2D eigenvalue weighted by Crippen LogP contribution is -2.28. The Labute approximate surface area is 97.6 Å². The third-order valence-electron chi connectivity index (χ3n) is 3.30. The molecule has 0 unspecified atom stereocenters. The first-order valence-electron chi connectivity index (χ1n) is 6.29. The Morgan fingerprint density at radius 1 is 1.13 bits per heavy atom. The molecule has 0 spiro atoms. The number of hydrogen-bond acceptors (Lipinski definition) is 1. The van der Waals surface area contributed by atoms with Crippen molar-refractivity contribution in [1.82, 2.24) is 4.90 Å². The molecule has 0 radical (unpaired) electrons. The second-order valence-electron chi connectivity index (χ2n) is 5.25. The van der Waals surface area contributed by atoms with E-state index in [1.165, 1.54) is 36.7 Å². The molecular formula is C13H29NSi. The summed E-state index contributed by atoms with van der Waals surface area (Å²) in [6.07, 6.45) is 5.17. The lowest BCUT2D eigenvalue weighted by molar-refractivity contribution is 0.512. The minimum absolute atomic E-state index is 0.961. The fraction of sp³-hybridized carbons (Fsp3) is 0.846. The summed E-state index contributed by atoms with van der Waals surface area (Å²) in [6.45, 7) is 9.43. The molecule has 0 aliphatic rings. The average Bonchev–Trinajstić information content (AvgIpc) is 2.15. The second-order valence-corrected chi connectivity index (χ2v) is 10.3. The van der Waals surface area contributed by atoms with E-state index in [9.17, 15) is 0 Å². The van der Waals surface area contributed by atoms with E-state index < -0.39 is 8.07 Å². The zero-order valence-electron chi connectivity index (χ0n) is 11.6. The molecule has 0 aromatic carbocycles. The van der Waals surface area contributed by atoms with Crippen LogP contribution >= 0.6 is 0 Å². The van der Waals surface area contributed by atoms with E-state index in [1.54, 1.807) is 0 Å². The topological polar surface area (TPSA) is 3.24 Å². The smallest absolute Gasteiger partial charge is 0.0542 e. The SMILES string of the molecule is CCC[Si](C)(CC=C(C)N(C)C)CCC. The van der Waals surface area contributed by atoms with Crippen molar-refractivity contribution in [2.45, 2.75) is 58.3 Å². The van der Waals surface area contributed by atoms with Gasteiger partial charge < -0.3 is 4.90 Å². The van der Waals surface area contributed by atoms with Crippen LogP contribution < -0.4 is 0 Å². The zero-order chi connectivity index (χ0) is 11.9. The Balaban J connectivity index is 4.34. The second kappa shape index (κ2) is 7.10. The molecule has 0 saturated heterocycles. The monoisotopic (exact) mass is 227 g/mol. The van der Waals surface area contributed by atoms with Crippen molar-refractivity contribution < 1.29 is 0 Å². The van der Waals surface area contributed by atoms with Gasteiger partial charge in [-0.2, -0.15) is 0 Å². The Morgan fingerprint density at radius 2 is 1.60 bits per heavy atom. The highest BCUT2D eigenvalue weighted by Gasteiger charge is 2.23. The molecule has 0 saturated carbocycles. The van der Waals surface area contributed by atoms with Crippen LogP contribution in [0.3, 0.4) is 0 Å². The first-order valence-corrected chi connectivity index (χ1v) is 9.41. The maximum atomic E-state index is 2.57. The van der Waals surface area contributed by atoms with Gasteiger partial charge in [0.15, 0.2) is 0 Å². The van der Waals surface area contributed by atoms with Crippen molar-refractivity contribution in [2.24, 2.45) is 0 Å². The third-order valence-corrected chi connectivity index (χ3v) is 7.91. The number of nitrogens with zero attached hydrogens (tertiary/aromatic N) is 1. The van der Waals surface area contributed by atoms with Gasteiger partial charge in [-0.1, -0.05) is 51.4 Å². The highest BCUT2D eigenvalue weighted by atomic mass is 28.3. The molecule has 0 bridgehead atoms. The van der Waals surface area contributed by atoms with E-state index in [1.807, 2.05) is 0 Å². The number of hydrogen-bond donors (Lipinski definition) is 0. The first kappa shape index (κ1) is 14.8. The maximum Gasteiger partial charge on any atom is 0.0542 e. The fourth-order valence-electron chi connectivity index (χ4n) is 2.11. The summed E-state index contributed by atoms with van der Waals surface area (Å²) in [5, 5.41) is 0. The molecule has 0 heterocycles. The summed E-state index contributed by atoms with van der Waals surface area (Å²) < 4.78 is 0. The maximum absolute atomic E-state index is 2.57. The molecule has 0 amide bonds. The molecule has 1 nitrogen and oxygen atoms in total. The van der Waals surface area contributed by atoms with Crippen molar-refractivity contribution >= 4 is 8.07 Å². The third kappa shape index (κ3) is 6.03. The minimum atomic E-state index is -0.961. The zero-order valence-corrected chi connectivity index (χ0v) is 12.6. The Bertz CT molecular complexity index is 191. The molecule has 0 aromatic heterocycles. The Morgan fingerprint density at radius 3 is 1.93 bits per heavy atom. The summed E-state index contributed by atoms with van der Waals surface area (Å²) in [4.78, 5) is 2.21. The van der Waals surface area contributed by atoms with E-state index in [0.717, 1.165) is 0 Å². The van der Waals surface area contributed by atoms with E-state index in [0.29, 0.717) is 0 Å². The van der Waals surface area contributed by atoms with Crippen molar-refractivity contribution in [2.75, 3.05) is 14.1 Å². The van der Waals surface area contributed by atoms with E-state index in [2.05, 4.69) is 52.4 Å². The van der Waals surface area contributed by atoms with Crippen LogP contribution in [0, 0.1) is 0 Å². The van der Waals surface area contributed by atoms with Gasteiger partial charge in [-0.3, -0.25) is 0 Å². The predicted molar refractivity (Wildman–Crippen MR) is 74.1 cm³/mol. The molecule has 0 aliphatic carbocycles. The van der Waals surface area contributed by atoms with Gasteiger partial charge in [0, 0.05) is 19.8 Å². The highest BCUT2D eigenvalue weighted by molar-refractivity contribution is 6.79. The van der Waals surface area contributed by atoms with Crippen LogP contribution in [0.2, 0.25) is 24.7 Å². The van der Waals surface area contributed by atoms with Crippen LogP contribution in [0.25, 0.3) is 0 Å². The first-order chi connectivity index (χ1) is 6.95. The standard InChI is InChI=1S/C13H29NSi/c1-7-10-15(6,11-8-2)12-9-13(3)14(4)5/h9H,7-8,10-12H2,1-6H3. The summed E-state index contributed by atoms with van der Waals surface area (Å²) in [6, 6.07) is 4.33. The van der Waals surface area contributed by atoms with Crippen LogP contribution in [0.4, 0.5) is 0 Å². The molecule has 0 aromatic rings. The van der Waals surface area contributed by atoms with E-state index in [-0.39, 0.29) is 0 Å². The largest absolute Gasteiger partial charge is 0.381 e. The minimum Gasteiger partial charge on any atom is -0.381 e. The molecule has 0 atom stereocenters. The molecule has 0 aliphatic heterocycles. The van der Waals surface area contributed by atoms with E-state index in [4.69, 9.17) is 0 Å². The summed E-state index contributed by atoms with van der Waals surface area (Å²) in [5.74, 6) is 0. The lowest BCUT2D eigenvalue weighted by Gasteiger charge is -2.26. The number of allylic oxidation sites excluding steroid dienone is 2. The summed E-state index contributed by atoms with van der Waals surface area (Å²) in [7, 11) is 3.30. The molecule has 0 N–H and O–H groups in total. The van der Waals surface area contributed by atoms with Gasteiger partial charge in [-0.05, 0) is 13.0 Å². The van der Waals surface area contributed by atoms with Crippen LogP contribution in [0.15, 0.2) is 11.8 Å². The molecular weight excluding hydrogens is 198 g/mol. The van der Waals surface area contributed by atoms with E-state index >= 15 is 0 Å². The van der Waals surface area contributed by atoms with Gasteiger partial charge in [0.05, 0.1) is 8.07 Å². The van der Waals surface area contributed by atoms with Crippen LogP contribution in [-0.2, 0) is 0 Å². The quantitative estimate of drug-likeness (QED) is 0.585. The fourth-order valence-corrected chi connectivity index (χ4v) is 5.97. The molecule has 90 valence electrons. The normalized spacial score (nSPS) is 13.1. The number of rotatable bonds is 7. The molecule has 0 fully saturated rings. The van der Waals surface area contributed by atoms with Gasteiger partial charge in [0.2, 0.25) is 0 Å². The molecule has 2 heteroatoms. The van der Waals surface area contributed by atoms with Gasteiger partial charge in [0.25, 0.3) is 0 Å². The summed E-state index contributed by atoms with van der Waals surface area (Å²) >= 11 is 0. The van der Waals surface area contributed by atoms with Gasteiger partial charge >= 0.3 is 0 Å².